The van der Waals surface area contributed by atoms with Gasteiger partial charge in [-0.05, 0) is 63.2 Å². The zero-order valence-corrected chi connectivity index (χ0v) is 16.7. The molecule has 0 unspecified atom stereocenters. The van der Waals surface area contributed by atoms with E-state index in [2.05, 4.69) is 5.32 Å². The summed E-state index contributed by atoms with van der Waals surface area (Å²) in [6.07, 6.45) is 2.55. The number of anilines is 1. The van der Waals surface area contributed by atoms with Gasteiger partial charge in [-0.25, -0.2) is 4.79 Å². The van der Waals surface area contributed by atoms with Crippen LogP contribution in [0.4, 0.5) is 10.5 Å². The highest BCUT2D eigenvalue weighted by Gasteiger charge is 2.20. The van der Waals surface area contributed by atoms with E-state index in [0.717, 1.165) is 0 Å². The molecular weight excluding hydrogens is 372 g/mol. The third kappa shape index (κ3) is 6.00. The van der Waals surface area contributed by atoms with E-state index in [1.807, 2.05) is 12.1 Å². The highest BCUT2D eigenvalue weighted by atomic mass is 16.6. The van der Waals surface area contributed by atoms with Crippen LogP contribution in [0.1, 0.15) is 42.6 Å². The number of nitrogens with zero attached hydrogens (tertiary/aromatic N) is 1. The maximum atomic E-state index is 13.2. The average molecular weight is 396 g/mol. The van der Waals surface area contributed by atoms with Gasteiger partial charge in [0.2, 0.25) is 0 Å². The monoisotopic (exact) mass is 396 g/mol. The fourth-order valence-corrected chi connectivity index (χ4v) is 2.71. The Labute approximate surface area is 169 Å². The lowest BCUT2D eigenvalue weighted by Crippen LogP contribution is -2.30. The fourth-order valence-electron chi connectivity index (χ4n) is 2.71. The van der Waals surface area contributed by atoms with Gasteiger partial charge < -0.3 is 18.5 Å². The molecule has 0 bridgehead atoms. The quantitative estimate of drug-likeness (QED) is 0.629. The van der Waals surface area contributed by atoms with E-state index in [-0.39, 0.29) is 19.0 Å². The van der Waals surface area contributed by atoms with Crippen LogP contribution in [0, 0.1) is 0 Å². The maximum Gasteiger partial charge on any atom is 0.412 e. The molecule has 0 saturated heterocycles. The van der Waals surface area contributed by atoms with Crippen LogP contribution in [0.5, 0.6) is 0 Å². The maximum absolute atomic E-state index is 13.2. The Hall–Kier alpha value is -3.48. The standard InChI is InChI=1S/C22H24N2O5/c1-22(2,3)29-21(26)23-17-8-4-7-16(13-17)20(25)24(14-18-9-5-11-27-18)15-19-10-6-12-28-19/h4-13H,14-15H2,1-3H3,(H,23,26). The molecule has 3 aromatic rings. The van der Waals surface area contributed by atoms with Gasteiger partial charge in [-0.15, -0.1) is 0 Å². The van der Waals surface area contributed by atoms with Crippen molar-refractivity contribution in [2.75, 3.05) is 5.32 Å². The minimum Gasteiger partial charge on any atom is -0.467 e. The van der Waals surface area contributed by atoms with Gasteiger partial charge in [-0.2, -0.15) is 0 Å². The minimum absolute atomic E-state index is 0.217. The molecule has 1 aromatic carbocycles. The zero-order chi connectivity index (χ0) is 20.9. The van der Waals surface area contributed by atoms with Crippen molar-refractivity contribution >= 4 is 17.7 Å². The number of amides is 2. The molecule has 152 valence electrons. The second-order valence-corrected chi connectivity index (χ2v) is 7.53. The Morgan fingerprint density at radius 1 is 0.966 bits per heavy atom. The summed E-state index contributed by atoms with van der Waals surface area (Å²) in [6, 6.07) is 13.9. The predicted octanol–water partition coefficient (Wildman–Crippen LogP) is 5.06. The van der Waals surface area contributed by atoms with Crippen molar-refractivity contribution in [1.82, 2.24) is 4.90 Å². The van der Waals surface area contributed by atoms with Crippen molar-refractivity contribution in [3.05, 3.63) is 78.1 Å². The average Bonchev–Trinajstić information content (AvgIpc) is 3.33. The first-order valence-corrected chi connectivity index (χ1v) is 9.24. The second kappa shape index (κ2) is 8.68. The number of hydrogen-bond donors (Lipinski definition) is 1. The Bertz CT molecular complexity index is 904. The molecule has 0 atom stereocenters. The van der Waals surface area contributed by atoms with Crippen molar-refractivity contribution in [2.45, 2.75) is 39.5 Å². The summed E-state index contributed by atoms with van der Waals surface area (Å²) in [7, 11) is 0. The number of nitrogens with one attached hydrogen (secondary N) is 1. The Kier molecular flexibility index (Phi) is 6.07. The second-order valence-electron chi connectivity index (χ2n) is 7.53. The molecule has 2 aromatic heterocycles. The summed E-state index contributed by atoms with van der Waals surface area (Å²) >= 11 is 0. The smallest absolute Gasteiger partial charge is 0.412 e. The molecule has 0 aliphatic carbocycles. The van der Waals surface area contributed by atoms with Crippen LogP contribution in [0.2, 0.25) is 0 Å². The lowest BCUT2D eigenvalue weighted by Gasteiger charge is -2.22. The molecule has 0 aliphatic rings. The molecule has 2 heterocycles. The van der Waals surface area contributed by atoms with Gasteiger partial charge in [0.25, 0.3) is 5.91 Å². The van der Waals surface area contributed by atoms with Crippen LogP contribution in [0.25, 0.3) is 0 Å². The number of carbonyl (C=O) groups excluding carboxylic acids is 2. The number of ether oxygens (including phenoxy) is 1. The van der Waals surface area contributed by atoms with Crippen LogP contribution in [-0.4, -0.2) is 22.5 Å². The molecule has 0 fully saturated rings. The van der Waals surface area contributed by atoms with Gasteiger partial charge in [0.1, 0.15) is 17.1 Å². The highest BCUT2D eigenvalue weighted by Crippen LogP contribution is 2.18. The fraction of sp³-hybridized carbons (Fsp3) is 0.273. The summed E-state index contributed by atoms with van der Waals surface area (Å²) in [5.74, 6) is 1.10. The van der Waals surface area contributed by atoms with Crippen LogP contribution in [0.3, 0.4) is 0 Å². The van der Waals surface area contributed by atoms with Gasteiger partial charge in [0.05, 0.1) is 25.6 Å². The molecule has 0 spiro atoms. The van der Waals surface area contributed by atoms with Crippen LogP contribution >= 0.6 is 0 Å². The summed E-state index contributed by atoms with van der Waals surface area (Å²) in [5, 5.41) is 2.65. The molecule has 0 aliphatic heterocycles. The van der Waals surface area contributed by atoms with E-state index in [0.29, 0.717) is 22.8 Å². The van der Waals surface area contributed by atoms with Gasteiger partial charge >= 0.3 is 6.09 Å². The van der Waals surface area contributed by atoms with Gasteiger partial charge in [0, 0.05) is 11.3 Å². The van der Waals surface area contributed by atoms with Crippen LogP contribution < -0.4 is 5.32 Å². The third-order valence-corrected chi connectivity index (χ3v) is 3.90. The lowest BCUT2D eigenvalue weighted by molar-refractivity contribution is 0.0634. The molecule has 29 heavy (non-hydrogen) atoms. The molecule has 0 saturated carbocycles. The predicted molar refractivity (Wildman–Crippen MR) is 107 cm³/mol. The van der Waals surface area contributed by atoms with E-state index in [1.165, 1.54) is 0 Å². The van der Waals surface area contributed by atoms with E-state index in [9.17, 15) is 9.59 Å². The first-order valence-electron chi connectivity index (χ1n) is 9.24. The molecule has 0 radical (unpaired) electrons. The minimum atomic E-state index is -0.611. The molecule has 2 amide bonds. The third-order valence-electron chi connectivity index (χ3n) is 3.90. The molecule has 7 nitrogen and oxygen atoms in total. The molecule has 1 N–H and O–H groups in total. The van der Waals surface area contributed by atoms with Gasteiger partial charge in [-0.3, -0.25) is 10.1 Å². The van der Waals surface area contributed by atoms with Crippen molar-refractivity contribution in [1.29, 1.82) is 0 Å². The summed E-state index contributed by atoms with van der Waals surface area (Å²) in [6.45, 7) is 5.93. The van der Waals surface area contributed by atoms with Gasteiger partial charge in [-0.1, -0.05) is 6.07 Å². The van der Waals surface area contributed by atoms with Crippen molar-refractivity contribution in [3.63, 3.8) is 0 Å². The van der Waals surface area contributed by atoms with E-state index in [4.69, 9.17) is 13.6 Å². The number of carbonyl (C=O) groups is 2. The van der Waals surface area contributed by atoms with E-state index < -0.39 is 11.7 Å². The van der Waals surface area contributed by atoms with E-state index >= 15 is 0 Å². The van der Waals surface area contributed by atoms with E-state index in [1.54, 1.807) is 74.6 Å². The largest absolute Gasteiger partial charge is 0.467 e. The number of furan rings is 2. The molecular formula is C22H24N2O5. The summed E-state index contributed by atoms with van der Waals surface area (Å²) < 4.78 is 16.0. The van der Waals surface area contributed by atoms with Crippen LogP contribution in [0.15, 0.2) is 69.9 Å². The van der Waals surface area contributed by atoms with Gasteiger partial charge in [0.15, 0.2) is 0 Å². The highest BCUT2D eigenvalue weighted by molar-refractivity contribution is 5.96. The Balaban J connectivity index is 1.77. The first-order chi connectivity index (χ1) is 13.8. The van der Waals surface area contributed by atoms with Crippen molar-refractivity contribution in [2.24, 2.45) is 0 Å². The van der Waals surface area contributed by atoms with Crippen LogP contribution in [-0.2, 0) is 17.8 Å². The van der Waals surface area contributed by atoms with Crippen molar-refractivity contribution in [3.8, 4) is 0 Å². The van der Waals surface area contributed by atoms with Crippen molar-refractivity contribution < 1.29 is 23.2 Å². The summed E-state index contributed by atoms with van der Waals surface area (Å²) in [4.78, 5) is 26.8. The zero-order valence-electron chi connectivity index (χ0n) is 16.7. The number of benzene rings is 1. The molecule has 7 heteroatoms. The topological polar surface area (TPSA) is 84.9 Å². The SMILES string of the molecule is CC(C)(C)OC(=O)Nc1cccc(C(=O)N(Cc2ccco2)Cc2ccco2)c1. The summed E-state index contributed by atoms with van der Waals surface area (Å²) in [5.41, 5.74) is 0.290. The Morgan fingerprint density at radius 2 is 1.59 bits per heavy atom. The number of rotatable bonds is 6. The lowest BCUT2D eigenvalue weighted by atomic mass is 10.1. The molecule has 3 rings (SSSR count). The normalized spacial score (nSPS) is 11.1. The first kappa shape index (κ1) is 20.3. The number of hydrogen-bond acceptors (Lipinski definition) is 5. The Morgan fingerprint density at radius 3 is 2.10 bits per heavy atom.